The zero-order valence-electron chi connectivity index (χ0n) is 11.7. The third-order valence-corrected chi connectivity index (χ3v) is 3.32. The summed E-state index contributed by atoms with van der Waals surface area (Å²) in [5.41, 5.74) is 6.63. The van der Waals surface area contributed by atoms with Gasteiger partial charge in [-0.3, -0.25) is 5.41 Å². The summed E-state index contributed by atoms with van der Waals surface area (Å²) in [6.07, 6.45) is 0. The number of piperazine rings is 1. The lowest BCUT2D eigenvalue weighted by Crippen LogP contribution is -2.44. The molecule has 1 fully saturated rings. The molecule has 0 unspecified atom stereocenters. The zero-order valence-corrected chi connectivity index (χ0v) is 11.7. The first-order valence-corrected chi connectivity index (χ1v) is 6.47. The lowest BCUT2D eigenvalue weighted by Gasteiger charge is -2.34. The summed E-state index contributed by atoms with van der Waals surface area (Å²) >= 11 is 0. The highest BCUT2D eigenvalue weighted by Gasteiger charge is 2.17. The van der Waals surface area contributed by atoms with Crippen molar-refractivity contribution in [3.05, 3.63) is 34.4 Å². The fraction of sp³-hybridized carbons (Fsp3) is 0.417. The van der Waals surface area contributed by atoms with E-state index >= 15 is 0 Å². The van der Waals surface area contributed by atoms with Crippen molar-refractivity contribution in [2.24, 2.45) is 5.73 Å². The van der Waals surface area contributed by atoms with Gasteiger partial charge in [0.05, 0.1) is 5.69 Å². The average molecular weight is 294 g/mol. The van der Waals surface area contributed by atoms with E-state index in [1.54, 1.807) is 12.1 Å². The molecule has 1 aromatic carbocycles. The van der Waals surface area contributed by atoms with Gasteiger partial charge < -0.3 is 15.5 Å². The van der Waals surface area contributed by atoms with Crippen LogP contribution in [-0.4, -0.2) is 49.2 Å². The Hall–Kier alpha value is -2.55. The second-order valence-corrected chi connectivity index (χ2v) is 4.79. The first-order valence-electron chi connectivity index (χ1n) is 6.47. The predicted octanol–water partition coefficient (Wildman–Crippen LogP) is 0.262. The zero-order chi connectivity index (χ0) is 15.4. The quantitative estimate of drug-likeness (QED) is 0.354. The van der Waals surface area contributed by atoms with E-state index in [0.717, 1.165) is 31.9 Å². The molecule has 0 spiro atoms. The van der Waals surface area contributed by atoms with Crippen LogP contribution in [0.4, 0.5) is 11.4 Å². The van der Waals surface area contributed by atoms with E-state index in [2.05, 4.69) is 21.8 Å². The maximum Gasteiger partial charge on any atom is 0.317 e. The number of nitrogens with zero attached hydrogens (tertiary/aromatic N) is 4. The van der Waals surface area contributed by atoms with Crippen molar-refractivity contribution < 1.29 is 10.0 Å². The molecule has 0 aromatic heterocycles. The van der Waals surface area contributed by atoms with Crippen molar-refractivity contribution in [1.82, 2.24) is 4.90 Å². The molecule has 1 heterocycles. The van der Waals surface area contributed by atoms with Gasteiger partial charge >= 0.3 is 5.09 Å². The summed E-state index contributed by atoms with van der Waals surface area (Å²) in [6.45, 7) is 3.84. The van der Waals surface area contributed by atoms with E-state index in [0.29, 0.717) is 10.8 Å². The number of nitrogens with two attached hydrogens (primary N) is 1. The van der Waals surface area contributed by atoms with Crippen LogP contribution >= 0.6 is 0 Å². The number of likely N-dealkylation sites (N-methyl/N-ethyl adjacent to an activating group) is 1. The fourth-order valence-corrected chi connectivity index (χ4v) is 2.16. The molecule has 9 nitrogen and oxygen atoms in total. The number of nitrogens with one attached hydrogen (secondary N) is 1. The van der Waals surface area contributed by atoms with E-state index < -0.39 is 11.0 Å². The number of hydrogen-bond donors (Lipinski definition) is 2. The first kappa shape index (κ1) is 14.9. The van der Waals surface area contributed by atoms with Crippen LogP contribution < -0.4 is 15.7 Å². The predicted molar refractivity (Wildman–Crippen MR) is 78.6 cm³/mol. The van der Waals surface area contributed by atoms with Gasteiger partial charge in [-0.15, -0.1) is 15.2 Å². The molecular formula is C12H18N6O3. The van der Waals surface area contributed by atoms with E-state index in [1.807, 2.05) is 12.1 Å². The summed E-state index contributed by atoms with van der Waals surface area (Å²) in [4.78, 5) is 19.2. The summed E-state index contributed by atoms with van der Waals surface area (Å²) in [5.74, 6) is -0.556. The molecule has 1 aliphatic rings. The SMILES string of the molecule is CN1CCN(c2ccc(N(O[N+](=O)[O-])C(=N)N)cc2)CC1. The Labute approximate surface area is 122 Å². The van der Waals surface area contributed by atoms with Crippen LogP contribution in [0.25, 0.3) is 0 Å². The van der Waals surface area contributed by atoms with Crippen LogP contribution in [0.5, 0.6) is 0 Å². The third-order valence-electron chi connectivity index (χ3n) is 3.32. The molecular weight excluding hydrogens is 276 g/mol. The molecule has 1 aromatic rings. The minimum Gasteiger partial charge on any atom is -0.369 e. The molecule has 0 bridgehead atoms. The highest BCUT2D eigenvalue weighted by Crippen LogP contribution is 2.22. The van der Waals surface area contributed by atoms with Gasteiger partial charge in [0, 0.05) is 31.9 Å². The molecule has 0 atom stereocenters. The lowest BCUT2D eigenvalue weighted by atomic mass is 10.2. The van der Waals surface area contributed by atoms with E-state index in [-0.39, 0.29) is 0 Å². The number of benzene rings is 1. The smallest absolute Gasteiger partial charge is 0.317 e. The number of hydrogen-bond acceptors (Lipinski definition) is 6. The van der Waals surface area contributed by atoms with Crippen molar-refractivity contribution >= 4 is 17.3 Å². The van der Waals surface area contributed by atoms with Gasteiger partial charge in [0.2, 0.25) is 5.96 Å². The summed E-state index contributed by atoms with van der Waals surface area (Å²) in [5, 5.41) is 17.4. The van der Waals surface area contributed by atoms with Crippen LogP contribution in [0.15, 0.2) is 24.3 Å². The summed E-state index contributed by atoms with van der Waals surface area (Å²) in [7, 11) is 2.08. The molecule has 0 saturated carbocycles. The van der Waals surface area contributed by atoms with Gasteiger partial charge in [-0.1, -0.05) is 0 Å². The van der Waals surface area contributed by atoms with Gasteiger partial charge in [0.15, 0.2) is 0 Å². The Kier molecular flexibility index (Phi) is 4.43. The molecule has 1 saturated heterocycles. The molecule has 9 heteroatoms. The minimum atomic E-state index is -1.00. The topological polar surface area (TPSA) is 112 Å². The molecule has 0 amide bonds. The molecule has 0 radical (unpaired) electrons. The van der Waals surface area contributed by atoms with Crippen LogP contribution in [0.1, 0.15) is 0 Å². The maximum atomic E-state index is 10.4. The number of guanidine groups is 1. The monoisotopic (exact) mass is 294 g/mol. The Bertz CT molecular complexity index is 512. The number of rotatable bonds is 4. The number of hydroxylamine groups is 1. The van der Waals surface area contributed by atoms with Crippen LogP contribution in [0.2, 0.25) is 0 Å². The highest BCUT2D eigenvalue weighted by atomic mass is 17.0. The van der Waals surface area contributed by atoms with Crippen LogP contribution in [0, 0.1) is 15.5 Å². The Morgan fingerprint density at radius 3 is 2.38 bits per heavy atom. The molecule has 1 aliphatic heterocycles. The van der Waals surface area contributed by atoms with Gasteiger partial charge in [-0.05, 0) is 31.3 Å². The van der Waals surface area contributed by atoms with Crippen LogP contribution in [-0.2, 0) is 4.94 Å². The average Bonchev–Trinajstić information content (AvgIpc) is 2.45. The highest BCUT2D eigenvalue weighted by molar-refractivity contribution is 5.90. The Balaban J connectivity index is 2.10. The van der Waals surface area contributed by atoms with Crippen molar-refractivity contribution in [3.63, 3.8) is 0 Å². The Morgan fingerprint density at radius 2 is 1.90 bits per heavy atom. The molecule has 0 aliphatic carbocycles. The van der Waals surface area contributed by atoms with Gasteiger partial charge in [0.1, 0.15) is 0 Å². The second kappa shape index (κ2) is 6.27. The van der Waals surface area contributed by atoms with Gasteiger partial charge in [-0.25, -0.2) is 0 Å². The minimum absolute atomic E-state index is 0.331. The van der Waals surface area contributed by atoms with E-state index in [1.165, 1.54) is 0 Å². The van der Waals surface area contributed by atoms with Crippen molar-refractivity contribution in [1.29, 1.82) is 5.41 Å². The fourth-order valence-electron chi connectivity index (χ4n) is 2.16. The normalized spacial score (nSPS) is 15.6. The molecule has 2 rings (SSSR count). The van der Waals surface area contributed by atoms with Crippen molar-refractivity contribution in [2.45, 2.75) is 0 Å². The summed E-state index contributed by atoms with van der Waals surface area (Å²) in [6, 6.07) is 6.94. The number of anilines is 2. The first-order chi connectivity index (χ1) is 9.97. The second-order valence-electron chi connectivity index (χ2n) is 4.79. The summed E-state index contributed by atoms with van der Waals surface area (Å²) < 4.78 is 0. The molecule has 3 N–H and O–H groups in total. The molecule has 21 heavy (non-hydrogen) atoms. The van der Waals surface area contributed by atoms with Crippen LogP contribution in [0.3, 0.4) is 0 Å². The third kappa shape index (κ3) is 3.72. The Morgan fingerprint density at radius 1 is 1.33 bits per heavy atom. The van der Waals surface area contributed by atoms with E-state index in [9.17, 15) is 10.1 Å². The maximum absolute atomic E-state index is 10.4. The largest absolute Gasteiger partial charge is 0.369 e. The van der Waals surface area contributed by atoms with E-state index in [4.69, 9.17) is 11.1 Å². The lowest BCUT2D eigenvalue weighted by molar-refractivity contribution is -0.758. The standard InChI is InChI=1S/C12H18N6O3/c1-15-6-8-16(9-7-15)10-2-4-11(5-3-10)17(12(13)14)21-18(19)20/h2-5H,6-9H2,1H3,(H3,13,14). The van der Waals surface area contributed by atoms with Crippen molar-refractivity contribution in [3.8, 4) is 0 Å². The van der Waals surface area contributed by atoms with Gasteiger partial charge in [-0.2, -0.15) is 4.94 Å². The van der Waals surface area contributed by atoms with Crippen molar-refractivity contribution in [2.75, 3.05) is 43.2 Å². The van der Waals surface area contributed by atoms with Gasteiger partial charge in [0.25, 0.3) is 0 Å². The molecule has 114 valence electrons.